The summed E-state index contributed by atoms with van der Waals surface area (Å²) < 4.78 is 11.0. The van der Waals surface area contributed by atoms with Crippen LogP contribution in [-0.2, 0) is 9.53 Å². The molecule has 0 spiro atoms. The molecule has 0 saturated heterocycles. The van der Waals surface area contributed by atoms with Gasteiger partial charge >= 0.3 is 11.9 Å². The van der Waals surface area contributed by atoms with Crippen molar-refractivity contribution in [2.24, 2.45) is 0 Å². The van der Waals surface area contributed by atoms with Gasteiger partial charge in [0.05, 0.1) is 0 Å². The standard InChI is InChI=1S/C31H42O5/c1-3-5-6-7-8-9-10-11-12-13-14-15-16-17-18-19-20-23-26-35-28(4-2)31(34)36-29-25-22-21-24-27(29)30(32)33/h5-6,8-9,11-12,14-15,17-18,21-22,24-25,28H,3-4,7,10,13,16,19-20,23,26H2,1-2H3,(H,32,33)/b6-5-,9-8-,12-11-,15-14-,18-17-. The normalized spacial score (nSPS) is 13.1. The largest absolute Gasteiger partial charge is 0.478 e. The number of aromatic carboxylic acids is 1. The van der Waals surface area contributed by atoms with Crippen LogP contribution in [0.1, 0.15) is 82.0 Å². The summed E-state index contributed by atoms with van der Waals surface area (Å²) in [6.07, 6.45) is 29.4. The van der Waals surface area contributed by atoms with E-state index in [2.05, 4.69) is 67.7 Å². The van der Waals surface area contributed by atoms with Crippen molar-refractivity contribution in [3.63, 3.8) is 0 Å². The quantitative estimate of drug-likeness (QED) is 0.0912. The van der Waals surface area contributed by atoms with Crippen LogP contribution < -0.4 is 4.74 Å². The number of carbonyl (C=O) groups is 2. The third-order valence-electron chi connectivity index (χ3n) is 5.20. The molecule has 1 unspecified atom stereocenters. The van der Waals surface area contributed by atoms with Gasteiger partial charge in [-0.3, -0.25) is 0 Å². The van der Waals surface area contributed by atoms with Crippen LogP contribution in [0.5, 0.6) is 5.75 Å². The lowest BCUT2D eigenvalue weighted by atomic mass is 10.2. The van der Waals surface area contributed by atoms with E-state index in [9.17, 15) is 14.7 Å². The zero-order chi connectivity index (χ0) is 26.3. The number of hydrogen-bond acceptors (Lipinski definition) is 4. The Kier molecular flexibility index (Phi) is 18.1. The first kappa shape index (κ1) is 30.9. The van der Waals surface area contributed by atoms with Crippen molar-refractivity contribution >= 4 is 11.9 Å². The van der Waals surface area contributed by atoms with Gasteiger partial charge in [0.25, 0.3) is 0 Å². The number of carbonyl (C=O) groups excluding carboxylic acids is 1. The van der Waals surface area contributed by atoms with E-state index in [4.69, 9.17) is 9.47 Å². The van der Waals surface area contributed by atoms with E-state index in [1.807, 2.05) is 6.92 Å². The lowest BCUT2D eigenvalue weighted by Gasteiger charge is -2.15. The molecule has 1 aromatic carbocycles. The maximum Gasteiger partial charge on any atom is 0.340 e. The molecule has 0 radical (unpaired) electrons. The monoisotopic (exact) mass is 494 g/mol. The zero-order valence-corrected chi connectivity index (χ0v) is 21.8. The van der Waals surface area contributed by atoms with Crippen LogP contribution in [0, 0.1) is 0 Å². The van der Waals surface area contributed by atoms with Gasteiger partial charge in [-0.05, 0) is 69.9 Å². The Bertz CT molecular complexity index is 892. The molecule has 0 aliphatic rings. The molecule has 1 rings (SSSR count). The van der Waals surface area contributed by atoms with Gasteiger partial charge in [-0.25, -0.2) is 9.59 Å². The highest BCUT2D eigenvalue weighted by Gasteiger charge is 2.21. The van der Waals surface area contributed by atoms with Crippen molar-refractivity contribution in [1.82, 2.24) is 0 Å². The molecule has 196 valence electrons. The third-order valence-corrected chi connectivity index (χ3v) is 5.20. The maximum atomic E-state index is 12.4. The molecule has 0 amide bonds. The molecule has 0 fully saturated rings. The van der Waals surface area contributed by atoms with Gasteiger partial charge < -0.3 is 14.6 Å². The van der Waals surface area contributed by atoms with Crippen LogP contribution in [-0.4, -0.2) is 29.8 Å². The molecule has 5 nitrogen and oxygen atoms in total. The van der Waals surface area contributed by atoms with E-state index in [0.717, 1.165) is 51.4 Å². The average molecular weight is 495 g/mol. The van der Waals surface area contributed by atoms with Crippen LogP contribution in [0.15, 0.2) is 85.0 Å². The van der Waals surface area contributed by atoms with Gasteiger partial charge in [0.1, 0.15) is 11.3 Å². The van der Waals surface area contributed by atoms with E-state index in [1.54, 1.807) is 12.1 Å². The summed E-state index contributed by atoms with van der Waals surface area (Å²) >= 11 is 0. The molecule has 5 heteroatoms. The Balaban J connectivity index is 2.13. The molecule has 0 saturated carbocycles. The molecule has 0 bridgehead atoms. The molecule has 0 heterocycles. The fourth-order valence-electron chi connectivity index (χ4n) is 3.22. The fraction of sp³-hybridized carbons (Fsp3) is 0.419. The van der Waals surface area contributed by atoms with Crippen molar-refractivity contribution in [3.05, 3.63) is 90.6 Å². The zero-order valence-electron chi connectivity index (χ0n) is 21.8. The molecule has 1 N–H and O–H groups in total. The second-order valence-electron chi connectivity index (χ2n) is 8.19. The van der Waals surface area contributed by atoms with E-state index in [1.165, 1.54) is 12.1 Å². The van der Waals surface area contributed by atoms with Gasteiger partial charge in [0.15, 0.2) is 6.10 Å². The average Bonchev–Trinajstić information content (AvgIpc) is 2.87. The summed E-state index contributed by atoms with van der Waals surface area (Å²) in [6, 6.07) is 6.10. The molecular weight excluding hydrogens is 452 g/mol. The minimum atomic E-state index is -1.14. The summed E-state index contributed by atoms with van der Waals surface area (Å²) in [5.41, 5.74) is -0.0437. The highest BCUT2D eigenvalue weighted by Crippen LogP contribution is 2.19. The number of esters is 1. The Hall–Kier alpha value is -3.18. The topological polar surface area (TPSA) is 72.8 Å². The Morgan fingerprint density at radius 1 is 0.806 bits per heavy atom. The molecular formula is C31H42O5. The van der Waals surface area contributed by atoms with Crippen molar-refractivity contribution < 1.29 is 24.2 Å². The second kappa shape index (κ2) is 21.1. The SMILES string of the molecule is CC/C=C\C/C=C\C/C=C\C/C=C\C/C=C\CCCCOC(CC)C(=O)Oc1ccccc1C(=O)O. The van der Waals surface area contributed by atoms with Crippen molar-refractivity contribution in [3.8, 4) is 5.75 Å². The Morgan fingerprint density at radius 3 is 1.92 bits per heavy atom. The van der Waals surface area contributed by atoms with Crippen molar-refractivity contribution in [2.75, 3.05) is 6.61 Å². The van der Waals surface area contributed by atoms with Gasteiger partial charge in [-0.15, -0.1) is 0 Å². The Morgan fingerprint density at radius 2 is 1.36 bits per heavy atom. The van der Waals surface area contributed by atoms with Crippen LogP contribution >= 0.6 is 0 Å². The van der Waals surface area contributed by atoms with E-state index in [-0.39, 0.29) is 11.3 Å². The Labute approximate surface area is 216 Å². The third kappa shape index (κ3) is 14.9. The lowest BCUT2D eigenvalue weighted by Crippen LogP contribution is -2.29. The molecule has 0 aromatic heterocycles. The first-order valence-corrected chi connectivity index (χ1v) is 13.0. The number of carboxylic acid groups (broad SMARTS) is 1. The maximum absolute atomic E-state index is 12.4. The number of hydrogen-bond donors (Lipinski definition) is 1. The summed E-state index contributed by atoms with van der Waals surface area (Å²) in [4.78, 5) is 23.6. The van der Waals surface area contributed by atoms with Crippen LogP contribution in [0.25, 0.3) is 0 Å². The minimum absolute atomic E-state index is 0.0374. The second-order valence-corrected chi connectivity index (χ2v) is 8.19. The summed E-state index contributed by atoms with van der Waals surface area (Å²) in [7, 11) is 0. The lowest BCUT2D eigenvalue weighted by molar-refractivity contribution is -0.147. The first-order valence-electron chi connectivity index (χ1n) is 13.0. The first-order chi connectivity index (χ1) is 17.6. The highest BCUT2D eigenvalue weighted by molar-refractivity contribution is 5.92. The van der Waals surface area contributed by atoms with Crippen molar-refractivity contribution in [2.45, 2.75) is 77.7 Å². The number of unbranched alkanes of at least 4 members (excludes halogenated alkanes) is 2. The number of para-hydroxylation sites is 1. The molecule has 1 aromatic rings. The van der Waals surface area contributed by atoms with Gasteiger partial charge in [-0.2, -0.15) is 0 Å². The van der Waals surface area contributed by atoms with Gasteiger partial charge in [0.2, 0.25) is 0 Å². The van der Waals surface area contributed by atoms with E-state index in [0.29, 0.717) is 13.0 Å². The predicted octanol–water partition coefficient (Wildman–Crippen LogP) is 8.01. The van der Waals surface area contributed by atoms with E-state index < -0.39 is 18.0 Å². The van der Waals surface area contributed by atoms with Crippen molar-refractivity contribution in [1.29, 1.82) is 0 Å². The summed E-state index contributed by atoms with van der Waals surface area (Å²) in [6.45, 7) is 4.44. The number of carboxylic acids is 1. The van der Waals surface area contributed by atoms with Crippen LogP contribution in [0.2, 0.25) is 0 Å². The molecule has 36 heavy (non-hydrogen) atoms. The number of allylic oxidation sites excluding steroid dienone is 10. The predicted molar refractivity (Wildman–Crippen MR) is 147 cm³/mol. The van der Waals surface area contributed by atoms with Gasteiger partial charge in [-0.1, -0.05) is 86.7 Å². The van der Waals surface area contributed by atoms with Crippen LogP contribution in [0.3, 0.4) is 0 Å². The fourth-order valence-corrected chi connectivity index (χ4v) is 3.22. The van der Waals surface area contributed by atoms with Crippen LogP contribution in [0.4, 0.5) is 0 Å². The number of rotatable bonds is 19. The smallest absolute Gasteiger partial charge is 0.340 e. The molecule has 1 atom stereocenters. The number of benzene rings is 1. The minimum Gasteiger partial charge on any atom is -0.478 e. The van der Waals surface area contributed by atoms with Gasteiger partial charge in [0, 0.05) is 6.61 Å². The highest BCUT2D eigenvalue weighted by atomic mass is 16.6. The number of ether oxygens (including phenoxy) is 2. The molecule has 0 aliphatic heterocycles. The van der Waals surface area contributed by atoms with E-state index >= 15 is 0 Å². The molecule has 0 aliphatic carbocycles. The summed E-state index contributed by atoms with van der Waals surface area (Å²) in [5.74, 6) is -1.66. The summed E-state index contributed by atoms with van der Waals surface area (Å²) in [5, 5.41) is 9.21.